The summed E-state index contributed by atoms with van der Waals surface area (Å²) in [4.78, 5) is 18.6. The number of nitrogens with one attached hydrogen (secondary N) is 1. The summed E-state index contributed by atoms with van der Waals surface area (Å²) in [5.41, 5.74) is 2.09. The molecule has 1 saturated heterocycles. The largest absolute Gasteiger partial charge is 0.493 e. The second-order valence-corrected chi connectivity index (χ2v) is 8.08. The van der Waals surface area contributed by atoms with E-state index in [0.717, 1.165) is 10.9 Å². The van der Waals surface area contributed by atoms with E-state index in [1.54, 1.807) is 25.0 Å². The number of aromatic amines is 1. The average molecular weight is 463 g/mol. The Hall–Kier alpha value is -3.76. The number of hydrogen-bond acceptors (Lipinski definition) is 8. The van der Waals surface area contributed by atoms with Crippen LogP contribution in [-0.4, -0.2) is 70.6 Å². The number of aromatic nitrogens is 5. The molecule has 2 aromatic heterocycles. The van der Waals surface area contributed by atoms with Crippen LogP contribution in [-0.2, 0) is 11.3 Å². The maximum absolute atomic E-state index is 13.4. The SMILES string of the molecule is COc1cc2cc([C@H](c3nnnn3Cc3ccccc3)N3CCOCC3)c(=O)[nH]c2cc1OC. The van der Waals surface area contributed by atoms with Gasteiger partial charge in [0.05, 0.1) is 39.5 Å². The molecule has 10 nitrogen and oxygen atoms in total. The van der Waals surface area contributed by atoms with Gasteiger partial charge in [0.15, 0.2) is 17.3 Å². The zero-order valence-electron chi connectivity index (χ0n) is 19.1. The lowest BCUT2D eigenvalue weighted by atomic mass is 10.0. The maximum Gasteiger partial charge on any atom is 0.253 e. The van der Waals surface area contributed by atoms with Gasteiger partial charge in [0.1, 0.15) is 6.04 Å². The van der Waals surface area contributed by atoms with Crippen LogP contribution in [0, 0.1) is 0 Å². The zero-order chi connectivity index (χ0) is 23.5. The van der Waals surface area contributed by atoms with Crippen molar-refractivity contribution in [1.82, 2.24) is 30.1 Å². The molecule has 1 atom stereocenters. The van der Waals surface area contributed by atoms with E-state index in [9.17, 15) is 4.79 Å². The average Bonchev–Trinajstić information content (AvgIpc) is 3.32. The first-order chi connectivity index (χ1) is 16.7. The number of benzene rings is 2. The third kappa shape index (κ3) is 4.25. The summed E-state index contributed by atoms with van der Waals surface area (Å²) in [5.74, 6) is 1.75. The summed E-state index contributed by atoms with van der Waals surface area (Å²) in [7, 11) is 3.15. The second kappa shape index (κ2) is 9.62. The van der Waals surface area contributed by atoms with Crippen LogP contribution in [0.3, 0.4) is 0 Å². The summed E-state index contributed by atoms with van der Waals surface area (Å²) < 4.78 is 18.2. The minimum absolute atomic E-state index is 0.203. The van der Waals surface area contributed by atoms with Crippen LogP contribution in [0.25, 0.3) is 10.9 Å². The highest BCUT2D eigenvalue weighted by molar-refractivity contribution is 5.83. The van der Waals surface area contributed by atoms with Gasteiger partial charge in [-0.1, -0.05) is 30.3 Å². The Morgan fingerprint density at radius 1 is 1.06 bits per heavy atom. The molecule has 0 saturated carbocycles. The van der Waals surface area contributed by atoms with Gasteiger partial charge in [0, 0.05) is 30.1 Å². The standard InChI is InChI=1S/C24H26N6O4/c1-32-20-13-17-12-18(24(31)25-19(17)14-21(20)33-2)22(29-8-10-34-11-9-29)23-26-27-28-30(23)15-16-6-4-3-5-7-16/h3-7,12-14,22H,8-11,15H2,1-2H3,(H,25,31)/t22-/m1/s1. The van der Waals surface area contributed by atoms with Crippen LogP contribution >= 0.6 is 0 Å². The number of morpholine rings is 1. The molecule has 2 aromatic carbocycles. The van der Waals surface area contributed by atoms with Crippen molar-refractivity contribution < 1.29 is 14.2 Å². The molecule has 0 amide bonds. The molecule has 1 N–H and O–H groups in total. The lowest BCUT2D eigenvalue weighted by Crippen LogP contribution is -2.42. The molecule has 10 heteroatoms. The van der Waals surface area contributed by atoms with Crippen molar-refractivity contribution in [1.29, 1.82) is 0 Å². The van der Waals surface area contributed by atoms with Gasteiger partial charge < -0.3 is 19.2 Å². The summed E-state index contributed by atoms with van der Waals surface area (Å²) in [6, 6.07) is 15.1. The number of ether oxygens (including phenoxy) is 3. The first-order valence-corrected chi connectivity index (χ1v) is 11.1. The lowest BCUT2D eigenvalue weighted by molar-refractivity contribution is 0.0214. The Morgan fingerprint density at radius 3 is 2.53 bits per heavy atom. The van der Waals surface area contributed by atoms with Crippen molar-refractivity contribution in [2.45, 2.75) is 12.6 Å². The van der Waals surface area contributed by atoms with Crippen molar-refractivity contribution in [3.8, 4) is 11.5 Å². The first-order valence-electron chi connectivity index (χ1n) is 11.1. The topological polar surface area (TPSA) is 107 Å². The molecule has 1 aliphatic rings. The molecule has 0 unspecified atom stereocenters. The molecule has 176 valence electrons. The fourth-order valence-corrected chi connectivity index (χ4v) is 4.36. The smallest absolute Gasteiger partial charge is 0.253 e. The van der Waals surface area contributed by atoms with Crippen LogP contribution in [0.1, 0.15) is 23.0 Å². The summed E-state index contributed by atoms with van der Waals surface area (Å²) in [6.45, 7) is 2.97. The van der Waals surface area contributed by atoms with Gasteiger partial charge in [0.25, 0.3) is 5.56 Å². The number of nitrogens with zero attached hydrogens (tertiary/aromatic N) is 5. The van der Waals surface area contributed by atoms with Crippen LogP contribution in [0.4, 0.5) is 0 Å². The number of rotatable bonds is 7. The van der Waals surface area contributed by atoms with Crippen molar-refractivity contribution in [2.75, 3.05) is 40.5 Å². The number of H-pyrrole nitrogens is 1. The van der Waals surface area contributed by atoms with E-state index in [2.05, 4.69) is 25.4 Å². The van der Waals surface area contributed by atoms with E-state index in [1.807, 2.05) is 42.5 Å². The summed E-state index contributed by atoms with van der Waals surface area (Å²) >= 11 is 0. The van der Waals surface area contributed by atoms with Gasteiger partial charge in [-0.05, 0) is 28.1 Å². The number of tetrazole rings is 1. The Morgan fingerprint density at radius 2 is 1.79 bits per heavy atom. The van der Waals surface area contributed by atoms with Crippen LogP contribution < -0.4 is 15.0 Å². The van der Waals surface area contributed by atoms with Gasteiger partial charge in [-0.25, -0.2) is 4.68 Å². The van der Waals surface area contributed by atoms with Crippen molar-refractivity contribution in [2.24, 2.45) is 0 Å². The Balaban J connectivity index is 1.63. The molecular formula is C24H26N6O4. The molecule has 1 aliphatic heterocycles. The number of methoxy groups -OCH3 is 2. The minimum atomic E-state index is -0.441. The van der Waals surface area contributed by atoms with E-state index >= 15 is 0 Å². The monoisotopic (exact) mass is 462 g/mol. The highest BCUT2D eigenvalue weighted by Gasteiger charge is 2.31. The predicted molar refractivity (Wildman–Crippen MR) is 125 cm³/mol. The number of hydrogen-bond donors (Lipinski definition) is 1. The maximum atomic E-state index is 13.4. The normalized spacial score (nSPS) is 15.4. The van der Waals surface area contributed by atoms with E-state index in [4.69, 9.17) is 14.2 Å². The van der Waals surface area contributed by atoms with Gasteiger partial charge in [-0.15, -0.1) is 5.10 Å². The quantitative estimate of drug-likeness (QED) is 0.444. The van der Waals surface area contributed by atoms with E-state index in [-0.39, 0.29) is 5.56 Å². The molecule has 5 rings (SSSR count). The fourth-order valence-electron chi connectivity index (χ4n) is 4.36. The second-order valence-electron chi connectivity index (χ2n) is 8.08. The number of pyridine rings is 1. The van der Waals surface area contributed by atoms with Crippen molar-refractivity contribution in [3.63, 3.8) is 0 Å². The molecular weight excluding hydrogens is 436 g/mol. The van der Waals surface area contributed by atoms with Crippen LogP contribution in [0.2, 0.25) is 0 Å². The van der Waals surface area contributed by atoms with Gasteiger partial charge in [-0.2, -0.15) is 0 Å². The van der Waals surface area contributed by atoms with E-state index in [1.165, 1.54) is 0 Å². The van der Waals surface area contributed by atoms with E-state index < -0.39 is 6.04 Å². The number of fused-ring (bicyclic) bond motifs is 1. The molecule has 34 heavy (non-hydrogen) atoms. The third-order valence-corrected chi connectivity index (χ3v) is 6.06. The Kier molecular flexibility index (Phi) is 6.24. The minimum Gasteiger partial charge on any atom is -0.493 e. The van der Waals surface area contributed by atoms with Gasteiger partial charge in [0.2, 0.25) is 0 Å². The molecule has 0 radical (unpaired) electrons. The van der Waals surface area contributed by atoms with Gasteiger partial charge in [-0.3, -0.25) is 9.69 Å². The Labute approximate surface area is 196 Å². The summed E-state index contributed by atoms with van der Waals surface area (Å²) in [5, 5.41) is 13.4. The first kappa shape index (κ1) is 22.1. The lowest BCUT2D eigenvalue weighted by Gasteiger charge is -2.33. The summed E-state index contributed by atoms with van der Waals surface area (Å²) in [6.07, 6.45) is 0. The van der Waals surface area contributed by atoms with Crippen molar-refractivity contribution >= 4 is 10.9 Å². The molecule has 3 heterocycles. The molecule has 0 aliphatic carbocycles. The van der Waals surface area contributed by atoms with E-state index in [0.29, 0.717) is 61.3 Å². The Bertz CT molecular complexity index is 1330. The van der Waals surface area contributed by atoms with Gasteiger partial charge >= 0.3 is 0 Å². The van der Waals surface area contributed by atoms with Crippen LogP contribution in [0.15, 0.2) is 53.3 Å². The molecule has 1 fully saturated rings. The van der Waals surface area contributed by atoms with Crippen molar-refractivity contribution in [3.05, 3.63) is 75.8 Å². The fraction of sp³-hybridized carbons (Fsp3) is 0.333. The predicted octanol–water partition coefficient (Wildman–Crippen LogP) is 2.00. The highest BCUT2D eigenvalue weighted by atomic mass is 16.5. The molecule has 4 aromatic rings. The van der Waals surface area contributed by atoms with Crippen LogP contribution in [0.5, 0.6) is 11.5 Å². The molecule has 0 spiro atoms. The zero-order valence-corrected chi connectivity index (χ0v) is 19.1. The molecule has 0 bridgehead atoms. The highest BCUT2D eigenvalue weighted by Crippen LogP contribution is 2.33. The third-order valence-electron chi connectivity index (χ3n) is 6.06.